The first-order valence-corrected chi connectivity index (χ1v) is 13.4. The third-order valence-corrected chi connectivity index (χ3v) is 7.66. The summed E-state index contributed by atoms with van der Waals surface area (Å²) in [5, 5.41) is 4.70. The minimum atomic E-state index is -0.178. The van der Waals surface area contributed by atoms with Gasteiger partial charge in [0.15, 0.2) is 0 Å². The molecule has 9 heteroatoms. The van der Waals surface area contributed by atoms with Crippen LogP contribution in [0, 0.1) is 0 Å². The molecule has 2 aliphatic heterocycles. The van der Waals surface area contributed by atoms with Crippen LogP contribution in [0.5, 0.6) is 0 Å². The van der Waals surface area contributed by atoms with Crippen molar-refractivity contribution in [3.63, 3.8) is 0 Å². The van der Waals surface area contributed by atoms with E-state index in [2.05, 4.69) is 54.3 Å². The fourth-order valence-corrected chi connectivity index (χ4v) is 5.51. The number of ether oxygens (including phenoxy) is 1. The molecule has 0 amide bonds. The van der Waals surface area contributed by atoms with Crippen LogP contribution in [0.2, 0.25) is 0 Å². The number of nitrogens with one attached hydrogen (secondary N) is 2. The first kappa shape index (κ1) is 24.7. The van der Waals surface area contributed by atoms with Crippen molar-refractivity contribution >= 4 is 22.3 Å². The van der Waals surface area contributed by atoms with Gasteiger partial charge in [-0.3, -0.25) is 9.69 Å². The van der Waals surface area contributed by atoms with Gasteiger partial charge in [0.1, 0.15) is 12.1 Å². The maximum absolute atomic E-state index is 12.7. The zero-order valence-electron chi connectivity index (χ0n) is 21.5. The number of rotatable bonds is 7. The number of H-pyrrole nitrogens is 1. The molecule has 9 nitrogen and oxygen atoms in total. The van der Waals surface area contributed by atoms with E-state index in [4.69, 9.17) is 9.72 Å². The Labute approximate surface area is 221 Å². The zero-order chi connectivity index (χ0) is 25.7. The Morgan fingerprint density at radius 2 is 1.76 bits per heavy atom. The molecular formula is C29H33N7O2. The summed E-state index contributed by atoms with van der Waals surface area (Å²) in [5.74, 6) is 0.513. The fourth-order valence-electron chi connectivity index (χ4n) is 5.51. The molecule has 3 aromatic heterocycles. The molecule has 1 aromatic carbocycles. The third-order valence-electron chi connectivity index (χ3n) is 7.66. The van der Waals surface area contributed by atoms with E-state index in [1.807, 2.05) is 12.1 Å². The van der Waals surface area contributed by atoms with Crippen LogP contribution >= 0.6 is 0 Å². The highest BCUT2D eigenvalue weighted by molar-refractivity contribution is 5.95. The van der Waals surface area contributed by atoms with Crippen LogP contribution < -0.4 is 10.9 Å². The first-order chi connectivity index (χ1) is 18.7. The van der Waals surface area contributed by atoms with Gasteiger partial charge in [-0.2, -0.15) is 0 Å². The van der Waals surface area contributed by atoms with Crippen molar-refractivity contribution in [3.05, 3.63) is 77.2 Å². The lowest BCUT2D eigenvalue weighted by Crippen LogP contribution is -2.49. The van der Waals surface area contributed by atoms with Crippen molar-refractivity contribution in [3.8, 4) is 11.3 Å². The number of pyridine rings is 2. The van der Waals surface area contributed by atoms with Crippen LogP contribution in [0.3, 0.4) is 0 Å². The number of hydrogen-bond donors (Lipinski definition) is 2. The summed E-state index contributed by atoms with van der Waals surface area (Å²) in [6, 6.07) is 12.9. The van der Waals surface area contributed by atoms with E-state index >= 15 is 0 Å². The Morgan fingerprint density at radius 1 is 1.00 bits per heavy atom. The Kier molecular flexibility index (Phi) is 7.39. The number of aromatic nitrogens is 4. The number of morpholine rings is 1. The minimum Gasteiger partial charge on any atom is -0.379 e. The van der Waals surface area contributed by atoms with Gasteiger partial charge in [-0.1, -0.05) is 12.1 Å². The summed E-state index contributed by atoms with van der Waals surface area (Å²) in [6.07, 6.45) is 10.1. The third kappa shape index (κ3) is 5.60. The van der Waals surface area contributed by atoms with Gasteiger partial charge in [-0.25, -0.2) is 15.0 Å². The molecule has 0 spiro atoms. The average molecular weight is 512 g/mol. The summed E-state index contributed by atoms with van der Waals surface area (Å²) >= 11 is 0. The number of aromatic amines is 1. The molecule has 0 saturated carbocycles. The van der Waals surface area contributed by atoms with E-state index in [-0.39, 0.29) is 5.56 Å². The van der Waals surface area contributed by atoms with Crippen molar-refractivity contribution in [2.75, 3.05) is 51.3 Å². The first-order valence-electron chi connectivity index (χ1n) is 13.4. The molecule has 0 bridgehead atoms. The molecule has 0 atom stereocenters. The van der Waals surface area contributed by atoms with Gasteiger partial charge < -0.3 is 19.9 Å². The molecule has 4 aromatic rings. The standard InChI is InChI=1S/C29H33N7O2/c37-29-27-22(5-9-32-29)17-26(23-18-30-20-31-19-23)34-28(27)33-24-3-1-21(2-4-24)6-10-35-11-7-25(8-12-35)36-13-15-38-16-14-36/h1-5,9,17-20,25H,6-8,10-16H2,(H,32,37)(H,33,34). The summed E-state index contributed by atoms with van der Waals surface area (Å²) in [7, 11) is 0. The number of hydrogen-bond acceptors (Lipinski definition) is 8. The molecule has 2 saturated heterocycles. The molecule has 0 unspecified atom stereocenters. The quantitative estimate of drug-likeness (QED) is 0.389. The van der Waals surface area contributed by atoms with Gasteiger partial charge in [0.25, 0.3) is 5.56 Å². The number of nitrogens with zero attached hydrogens (tertiary/aromatic N) is 5. The number of anilines is 2. The van der Waals surface area contributed by atoms with Crippen LogP contribution in [0.1, 0.15) is 18.4 Å². The zero-order valence-corrected chi connectivity index (χ0v) is 21.5. The Hall–Kier alpha value is -3.66. The number of benzene rings is 1. The Morgan fingerprint density at radius 3 is 2.53 bits per heavy atom. The molecule has 2 N–H and O–H groups in total. The predicted molar refractivity (Wildman–Crippen MR) is 149 cm³/mol. The number of piperidine rings is 1. The van der Waals surface area contributed by atoms with Crippen LogP contribution in [-0.4, -0.2) is 81.7 Å². The molecule has 38 heavy (non-hydrogen) atoms. The largest absolute Gasteiger partial charge is 0.379 e. The van der Waals surface area contributed by atoms with Crippen molar-refractivity contribution < 1.29 is 4.74 Å². The predicted octanol–water partition coefficient (Wildman–Crippen LogP) is 3.46. The average Bonchev–Trinajstić information content (AvgIpc) is 2.98. The van der Waals surface area contributed by atoms with Crippen molar-refractivity contribution in [1.29, 1.82) is 0 Å². The second kappa shape index (κ2) is 11.4. The monoisotopic (exact) mass is 511 g/mol. The summed E-state index contributed by atoms with van der Waals surface area (Å²) in [6.45, 7) is 7.31. The highest BCUT2D eigenvalue weighted by Crippen LogP contribution is 2.27. The second-order valence-electron chi connectivity index (χ2n) is 10.0. The van der Waals surface area contributed by atoms with E-state index in [9.17, 15) is 4.79 Å². The smallest absolute Gasteiger partial charge is 0.259 e. The fraction of sp³-hybridized carbons (Fsp3) is 0.379. The van der Waals surface area contributed by atoms with E-state index in [0.717, 1.165) is 69.0 Å². The van der Waals surface area contributed by atoms with E-state index < -0.39 is 0 Å². The van der Waals surface area contributed by atoms with Crippen molar-refractivity contribution in [1.82, 2.24) is 29.7 Å². The number of fused-ring (bicyclic) bond motifs is 1. The highest BCUT2D eigenvalue weighted by Gasteiger charge is 2.25. The van der Waals surface area contributed by atoms with Gasteiger partial charge in [-0.15, -0.1) is 0 Å². The summed E-state index contributed by atoms with van der Waals surface area (Å²) in [5.41, 5.74) is 3.51. The molecule has 0 aliphatic carbocycles. The summed E-state index contributed by atoms with van der Waals surface area (Å²) < 4.78 is 5.51. The lowest BCUT2D eigenvalue weighted by molar-refractivity contribution is 0.00101. The van der Waals surface area contributed by atoms with Gasteiger partial charge >= 0.3 is 0 Å². The maximum Gasteiger partial charge on any atom is 0.259 e. The topological polar surface area (TPSA) is 99.3 Å². The van der Waals surface area contributed by atoms with Gasteiger partial charge in [-0.05, 0) is 67.6 Å². The van der Waals surface area contributed by atoms with E-state index in [1.165, 1.54) is 24.7 Å². The van der Waals surface area contributed by atoms with Crippen LogP contribution in [-0.2, 0) is 11.2 Å². The summed E-state index contributed by atoms with van der Waals surface area (Å²) in [4.78, 5) is 33.6. The van der Waals surface area contributed by atoms with Gasteiger partial charge in [0, 0.05) is 55.5 Å². The highest BCUT2D eigenvalue weighted by atomic mass is 16.5. The molecule has 6 rings (SSSR count). The van der Waals surface area contributed by atoms with Crippen molar-refractivity contribution in [2.45, 2.75) is 25.3 Å². The Balaban J connectivity index is 1.11. The Bertz CT molecular complexity index is 1410. The SMILES string of the molecule is O=c1[nH]ccc2cc(-c3cncnc3)nc(Nc3ccc(CCN4CCC(N5CCOCC5)CC4)cc3)c12. The maximum atomic E-state index is 12.7. The van der Waals surface area contributed by atoms with E-state index in [1.54, 1.807) is 18.6 Å². The number of likely N-dealkylation sites (tertiary alicyclic amines) is 1. The molecule has 2 aliphatic rings. The minimum absolute atomic E-state index is 0.178. The lowest BCUT2D eigenvalue weighted by Gasteiger charge is -2.40. The van der Waals surface area contributed by atoms with Gasteiger partial charge in [0.2, 0.25) is 0 Å². The molecule has 5 heterocycles. The molecule has 196 valence electrons. The van der Waals surface area contributed by atoms with Crippen LogP contribution in [0.25, 0.3) is 22.0 Å². The molecular weight excluding hydrogens is 478 g/mol. The normalized spacial score (nSPS) is 17.6. The van der Waals surface area contributed by atoms with E-state index in [0.29, 0.717) is 22.9 Å². The lowest BCUT2D eigenvalue weighted by atomic mass is 10.0. The van der Waals surface area contributed by atoms with Crippen LogP contribution in [0.4, 0.5) is 11.5 Å². The van der Waals surface area contributed by atoms with Gasteiger partial charge in [0.05, 0.1) is 24.3 Å². The molecule has 0 radical (unpaired) electrons. The second-order valence-corrected chi connectivity index (χ2v) is 10.0. The van der Waals surface area contributed by atoms with Crippen LogP contribution in [0.15, 0.2) is 66.1 Å². The van der Waals surface area contributed by atoms with Crippen molar-refractivity contribution in [2.24, 2.45) is 0 Å². The molecule has 2 fully saturated rings.